The molecule has 1 aliphatic heterocycles. The van der Waals surface area contributed by atoms with Gasteiger partial charge in [0.1, 0.15) is 0 Å². The number of nitro benzene ring substituents is 1. The Bertz CT molecular complexity index is 773. The number of nitro groups is 1. The van der Waals surface area contributed by atoms with Crippen LogP contribution in [0.2, 0.25) is 0 Å². The van der Waals surface area contributed by atoms with Crippen LogP contribution in [-0.2, 0) is 18.4 Å². The summed E-state index contributed by atoms with van der Waals surface area (Å²) in [5.41, 5.74) is 1.61. The Balaban J connectivity index is 1.72. The van der Waals surface area contributed by atoms with Crippen LogP contribution in [0.1, 0.15) is 12.0 Å². The average molecular weight is 329 g/mol. The minimum absolute atomic E-state index is 0.00698. The number of aromatic nitrogens is 2. The Labute approximate surface area is 139 Å². The molecular formula is C16H19N5O3. The largest absolute Gasteiger partial charge is 0.311 e. The number of hydrogen-bond donors (Lipinski definition) is 0. The van der Waals surface area contributed by atoms with E-state index in [2.05, 4.69) is 5.10 Å². The van der Waals surface area contributed by atoms with Crippen LogP contribution in [0.4, 0.5) is 11.4 Å². The molecule has 0 radical (unpaired) electrons. The Morgan fingerprint density at radius 3 is 2.92 bits per heavy atom. The molecule has 8 nitrogen and oxygen atoms in total. The van der Waals surface area contributed by atoms with Gasteiger partial charge in [-0.05, 0) is 19.5 Å². The van der Waals surface area contributed by atoms with Crippen LogP contribution < -0.4 is 4.90 Å². The van der Waals surface area contributed by atoms with Crippen LogP contribution in [0, 0.1) is 10.1 Å². The van der Waals surface area contributed by atoms with Gasteiger partial charge in [-0.25, -0.2) is 0 Å². The molecule has 2 heterocycles. The molecule has 1 aromatic carbocycles. The first-order chi connectivity index (χ1) is 11.5. The van der Waals surface area contributed by atoms with Crippen molar-refractivity contribution in [3.8, 4) is 0 Å². The summed E-state index contributed by atoms with van der Waals surface area (Å²) in [6, 6.07) is 5.98. The molecule has 1 amide bonds. The molecule has 126 valence electrons. The summed E-state index contributed by atoms with van der Waals surface area (Å²) in [6.45, 7) is 1.19. The number of carbonyl (C=O) groups excluding carboxylic acids is 1. The topological polar surface area (TPSA) is 84.5 Å². The molecule has 0 N–H and O–H groups in total. The quantitative estimate of drug-likeness (QED) is 0.614. The number of rotatable bonds is 5. The molecule has 0 aliphatic carbocycles. The Hall–Kier alpha value is -2.74. The third kappa shape index (κ3) is 3.13. The summed E-state index contributed by atoms with van der Waals surface area (Å²) in [5.74, 6) is -0.0260. The van der Waals surface area contributed by atoms with E-state index < -0.39 is 4.92 Å². The highest BCUT2D eigenvalue weighted by atomic mass is 16.6. The number of aryl methyl sites for hydroxylation is 1. The van der Waals surface area contributed by atoms with E-state index in [-0.39, 0.29) is 17.6 Å². The van der Waals surface area contributed by atoms with Crippen molar-refractivity contribution in [2.75, 3.05) is 18.5 Å². The van der Waals surface area contributed by atoms with Crippen molar-refractivity contribution in [3.63, 3.8) is 0 Å². The second-order valence-corrected chi connectivity index (χ2v) is 6.01. The van der Waals surface area contributed by atoms with E-state index in [1.807, 2.05) is 25.2 Å². The summed E-state index contributed by atoms with van der Waals surface area (Å²) in [7, 11) is 3.76. The number of benzene rings is 1. The minimum atomic E-state index is -0.448. The molecule has 1 fully saturated rings. The van der Waals surface area contributed by atoms with Gasteiger partial charge in [0.05, 0.1) is 22.8 Å². The van der Waals surface area contributed by atoms with E-state index in [9.17, 15) is 14.9 Å². The molecular weight excluding hydrogens is 310 g/mol. The van der Waals surface area contributed by atoms with E-state index in [0.29, 0.717) is 25.2 Å². The van der Waals surface area contributed by atoms with Gasteiger partial charge in [-0.2, -0.15) is 5.10 Å². The van der Waals surface area contributed by atoms with Crippen LogP contribution in [0.3, 0.4) is 0 Å². The number of nitrogens with zero attached hydrogens (tertiary/aromatic N) is 5. The molecule has 2 aromatic rings. The molecule has 1 aromatic heterocycles. The molecule has 8 heteroatoms. The first-order valence-corrected chi connectivity index (χ1v) is 7.69. The van der Waals surface area contributed by atoms with Gasteiger partial charge in [-0.3, -0.25) is 24.5 Å². The number of hydrogen-bond acceptors (Lipinski definition) is 5. The van der Waals surface area contributed by atoms with E-state index in [1.165, 1.54) is 12.1 Å². The summed E-state index contributed by atoms with van der Waals surface area (Å²) in [4.78, 5) is 26.8. The minimum Gasteiger partial charge on any atom is -0.311 e. The van der Waals surface area contributed by atoms with Crippen molar-refractivity contribution in [2.45, 2.75) is 19.0 Å². The second kappa shape index (κ2) is 6.40. The lowest BCUT2D eigenvalue weighted by Crippen LogP contribution is -2.39. The van der Waals surface area contributed by atoms with Gasteiger partial charge in [0.15, 0.2) is 0 Å². The van der Waals surface area contributed by atoms with Crippen LogP contribution in [0.25, 0.3) is 0 Å². The van der Waals surface area contributed by atoms with Crippen molar-refractivity contribution in [1.29, 1.82) is 0 Å². The fraction of sp³-hybridized carbons (Fsp3) is 0.375. The van der Waals surface area contributed by atoms with Gasteiger partial charge in [-0.1, -0.05) is 6.07 Å². The fourth-order valence-electron chi connectivity index (χ4n) is 3.06. The van der Waals surface area contributed by atoms with Crippen molar-refractivity contribution in [2.24, 2.45) is 7.05 Å². The lowest BCUT2D eigenvalue weighted by atomic mass is 10.2. The zero-order valence-corrected chi connectivity index (χ0v) is 13.6. The van der Waals surface area contributed by atoms with Crippen molar-refractivity contribution in [1.82, 2.24) is 14.7 Å². The van der Waals surface area contributed by atoms with E-state index >= 15 is 0 Å². The highest BCUT2D eigenvalue weighted by molar-refractivity contribution is 5.99. The average Bonchev–Trinajstić information content (AvgIpc) is 3.13. The van der Waals surface area contributed by atoms with E-state index in [4.69, 9.17) is 0 Å². The molecule has 1 saturated heterocycles. The Morgan fingerprint density at radius 2 is 2.25 bits per heavy atom. The van der Waals surface area contributed by atoms with Crippen LogP contribution in [0.15, 0.2) is 36.7 Å². The van der Waals surface area contributed by atoms with Crippen LogP contribution in [-0.4, -0.2) is 45.1 Å². The molecule has 1 aliphatic rings. The van der Waals surface area contributed by atoms with E-state index in [0.717, 1.165) is 5.56 Å². The number of carbonyl (C=O) groups is 1. The number of likely N-dealkylation sites (N-methyl/N-ethyl adjacent to an activating group) is 1. The maximum absolute atomic E-state index is 12.7. The maximum Gasteiger partial charge on any atom is 0.271 e. The maximum atomic E-state index is 12.7. The molecule has 0 saturated carbocycles. The summed E-state index contributed by atoms with van der Waals surface area (Å²) in [5, 5.41) is 15.0. The van der Waals surface area contributed by atoms with Crippen molar-refractivity contribution in [3.05, 3.63) is 52.3 Å². The predicted octanol–water partition coefficient (Wildman–Crippen LogP) is 1.57. The third-order valence-corrected chi connectivity index (χ3v) is 4.25. The highest BCUT2D eigenvalue weighted by Gasteiger charge is 2.35. The monoisotopic (exact) mass is 329 g/mol. The molecule has 1 unspecified atom stereocenters. The van der Waals surface area contributed by atoms with Gasteiger partial charge in [-0.15, -0.1) is 0 Å². The van der Waals surface area contributed by atoms with Crippen molar-refractivity contribution >= 4 is 17.3 Å². The first kappa shape index (κ1) is 16.1. The molecule has 0 bridgehead atoms. The van der Waals surface area contributed by atoms with Gasteiger partial charge < -0.3 is 4.90 Å². The SMILES string of the molecule is CN(Cc1cnn(C)c1)C1CCN(c2cccc([N+](=O)[O-])c2)C1=O. The third-order valence-electron chi connectivity index (χ3n) is 4.25. The van der Waals surface area contributed by atoms with Crippen LogP contribution >= 0.6 is 0 Å². The van der Waals surface area contributed by atoms with Crippen LogP contribution in [0.5, 0.6) is 0 Å². The second-order valence-electron chi connectivity index (χ2n) is 6.01. The van der Waals surface area contributed by atoms with Gasteiger partial charge in [0.25, 0.3) is 5.69 Å². The predicted molar refractivity (Wildman–Crippen MR) is 88.5 cm³/mol. The summed E-state index contributed by atoms with van der Waals surface area (Å²) < 4.78 is 1.73. The molecule has 24 heavy (non-hydrogen) atoms. The Kier molecular flexibility index (Phi) is 4.30. The lowest BCUT2D eigenvalue weighted by Gasteiger charge is -2.23. The zero-order valence-electron chi connectivity index (χ0n) is 13.6. The van der Waals surface area contributed by atoms with Gasteiger partial charge in [0.2, 0.25) is 5.91 Å². The van der Waals surface area contributed by atoms with Gasteiger partial charge in [0, 0.05) is 44.0 Å². The Morgan fingerprint density at radius 1 is 1.46 bits per heavy atom. The summed E-state index contributed by atoms with van der Waals surface area (Å²) >= 11 is 0. The zero-order chi connectivity index (χ0) is 17.3. The summed E-state index contributed by atoms with van der Waals surface area (Å²) in [6.07, 6.45) is 4.40. The fourth-order valence-corrected chi connectivity index (χ4v) is 3.06. The number of anilines is 1. The van der Waals surface area contributed by atoms with Gasteiger partial charge >= 0.3 is 0 Å². The molecule has 3 rings (SSSR count). The normalized spacial score (nSPS) is 17.7. The lowest BCUT2D eigenvalue weighted by molar-refractivity contribution is -0.384. The smallest absolute Gasteiger partial charge is 0.271 e. The van der Waals surface area contributed by atoms with Crippen molar-refractivity contribution < 1.29 is 9.72 Å². The highest BCUT2D eigenvalue weighted by Crippen LogP contribution is 2.27. The number of amides is 1. The van der Waals surface area contributed by atoms with E-state index in [1.54, 1.807) is 27.9 Å². The molecule has 0 spiro atoms. The molecule has 1 atom stereocenters. The first-order valence-electron chi connectivity index (χ1n) is 7.69. The number of non-ortho nitro benzene ring substituents is 1. The standard InChI is InChI=1S/C16H19N5O3/c1-18(10-12-9-17-19(2)11-12)15-6-7-20(16(15)22)13-4-3-5-14(8-13)21(23)24/h3-5,8-9,11,15H,6-7,10H2,1-2H3.